The van der Waals surface area contributed by atoms with E-state index in [1.54, 1.807) is 18.4 Å². The zero-order valence-electron chi connectivity index (χ0n) is 12.1. The minimum Gasteiger partial charge on any atom is -0.406 e. The van der Waals surface area contributed by atoms with Gasteiger partial charge in [0.1, 0.15) is 5.75 Å². The number of aliphatic hydroxyl groups excluding tert-OH is 1. The van der Waals surface area contributed by atoms with E-state index in [4.69, 9.17) is 5.11 Å². The zero-order valence-corrected chi connectivity index (χ0v) is 12.9. The van der Waals surface area contributed by atoms with Crippen LogP contribution in [0.1, 0.15) is 16.6 Å². The quantitative estimate of drug-likeness (QED) is 0.873. The monoisotopic (exact) mass is 345 g/mol. The van der Waals surface area contributed by atoms with Gasteiger partial charge in [-0.25, -0.2) is 0 Å². The van der Waals surface area contributed by atoms with E-state index < -0.39 is 12.5 Å². The van der Waals surface area contributed by atoms with Crippen LogP contribution in [0.3, 0.4) is 0 Å². The molecule has 0 saturated carbocycles. The molecular formula is C15H14F3NO3S. The number of amides is 1. The van der Waals surface area contributed by atoms with Crippen LogP contribution in [0.5, 0.6) is 5.75 Å². The van der Waals surface area contributed by atoms with Crippen molar-refractivity contribution in [3.8, 4) is 16.9 Å². The molecular weight excluding hydrogens is 331 g/mol. The number of thiophene rings is 1. The maximum atomic E-state index is 12.1. The second-order valence-electron chi connectivity index (χ2n) is 4.83. The Balaban J connectivity index is 2.07. The van der Waals surface area contributed by atoms with Crippen LogP contribution in [0.25, 0.3) is 11.1 Å². The smallest absolute Gasteiger partial charge is 0.406 e. The van der Waals surface area contributed by atoms with Gasteiger partial charge in [0.05, 0.1) is 11.0 Å². The molecule has 2 N–H and O–H groups in total. The minimum absolute atomic E-state index is 0.148. The van der Waals surface area contributed by atoms with Gasteiger partial charge < -0.3 is 15.2 Å². The van der Waals surface area contributed by atoms with E-state index >= 15 is 0 Å². The Morgan fingerprint density at radius 3 is 2.52 bits per heavy atom. The lowest BCUT2D eigenvalue weighted by Crippen LogP contribution is -2.29. The van der Waals surface area contributed by atoms with E-state index in [0.29, 0.717) is 10.4 Å². The number of aliphatic hydroxyl groups is 1. The number of rotatable bonds is 5. The molecule has 1 atom stereocenters. The van der Waals surface area contributed by atoms with Crippen LogP contribution in [0.15, 0.2) is 35.7 Å². The van der Waals surface area contributed by atoms with Gasteiger partial charge in [0.2, 0.25) is 0 Å². The van der Waals surface area contributed by atoms with Gasteiger partial charge in [-0.3, -0.25) is 4.79 Å². The van der Waals surface area contributed by atoms with Crippen LogP contribution in [0.4, 0.5) is 13.2 Å². The van der Waals surface area contributed by atoms with Gasteiger partial charge in [0.25, 0.3) is 5.91 Å². The SMILES string of the molecule is CC(O)CNC(=O)c1cc(-c2ccc(OC(F)(F)F)cc2)cs1. The van der Waals surface area contributed by atoms with E-state index in [1.165, 1.54) is 35.6 Å². The molecule has 0 aliphatic rings. The molecule has 1 aromatic carbocycles. The molecule has 0 saturated heterocycles. The predicted octanol–water partition coefficient (Wildman–Crippen LogP) is 3.42. The van der Waals surface area contributed by atoms with Gasteiger partial charge in [-0.2, -0.15) is 0 Å². The fraction of sp³-hybridized carbons (Fsp3) is 0.267. The van der Waals surface area contributed by atoms with Gasteiger partial charge in [0, 0.05) is 6.54 Å². The lowest BCUT2D eigenvalue weighted by molar-refractivity contribution is -0.274. The van der Waals surface area contributed by atoms with Gasteiger partial charge in [0.15, 0.2) is 0 Å². The van der Waals surface area contributed by atoms with Crippen molar-refractivity contribution in [3.05, 3.63) is 40.6 Å². The zero-order chi connectivity index (χ0) is 17.0. The van der Waals surface area contributed by atoms with Crippen LogP contribution in [-0.2, 0) is 0 Å². The van der Waals surface area contributed by atoms with Crippen molar-refractivity contribution in [3.63, 3.8) is 0 Å². The van der Waals surface area contributed by atoms with Crippen molar-refractivity contribution in [2.24, 2.45) is 0 Å². The summed E-state index contributed by atoms with van der Waals surface area (Å²) in [7, 11) is 0. The summed E-state index contributed by atoms with van der Waals surface area (Å²) in [5.74, 6) is -0.606. The van der Waals surface area contributed by atoms with Crippen molar-refractivity contribution in [2.45, 2.75) is 19.4 Å². The number of carbonyl (C=O) groups excluding carboxylic acids is 1. The Kier molecular flexibility index (Phi) is 5.27. The van der Waals surface area contributed by atoms with E-state index in [2.05, 4.69) is 10.1 Å². The first-order chi connectivity index (χ1) is 10.7. The van der Waals surface area contributed by atoms with Crippen LogP contribution in [0.2, 0.25) is 0 Å². The van der Waals surface area contributed by atoms with Crippen molar-refractivity contribution in [1.29, 1.82) is 0 Å². The number of halogens is 3. The van der Waals surface area contributed by atoms with E-state index in [1.807, 2.05) is 0 Å². The van der Waals surface area contributed by atoms with Crippen molar-refractivity contribution in [1.82, 2.24) is 5.32 Å². The molecule has 0 bridgehead atoms. The maximum Gasteiger partial charge on any atom is 0.573 e. The fourth-order valence-corrected chi connectivity index (χ4v) is 2.62. The molecule has 1 unspecified atom stereocenters. The molecule has 0 aliphatic heterocycles. The van der Waals surface area contributed by atoms with Gasteiger partial charge >= 0.3 is 6.36 Å². The first kappa shape index (κ1) is 17.3. The Hall–Kier alpha value is -2.06. The highest BCUT2D eigenvalue weighted by Crippen LogP contribution is 2.29. The molecule has 1 amide bonds. The average Bonchev–Trinajstić information content (AvgIpc) is 2.93. The number of nitrogens with one attached hydrogen (secondary N) is 1. The number of benzene rings is 1. The normalized spacial score (nSPS) is 12.7. The second kappa shape index (κ2) is 7.01. The first-order valence-electron chi connectivity index (χ1n) is 6.65. The summed E-state index contributed by atoms with van der Waals surface area (Å²) in [6.07, 6.45) is -5.36. The Bertz CT molecular complexity index is 665. The third-order valence-electron chi connectivity index (χ3n) is 2.80. The number of carbonyl (C=O) groups is 1. The second-order valence-corrected chi connectivity index (χ2v) is 5.74. The lowest BCUT2D eigenvalue weighted by atomic mass is 10.1. The topological polar surface area (TPSA) is 58.6 Å². The summed E-state index contributed by atoms with van der Waals surface area (Å²) in [5.41, 5.74) is 1.39. The van der Waals surface area contributed by atoms with Gasteiger partial charge in [-0.15, -0.1) is 24.5 Å². The molecule has 0 aliphatic carbocycles. The Morgan fingerprint density at radius 1 is 1.30 bits per heavy atom. The third kappa shape index (κ3) is 5.26. The summed E-state index contributed by atoms with van der Waals surface area (Å²) in [5, 5.41) is 13.4. The third-order valence-corrected chi connectivity index (χ3v) is 3.73. The predicted molar refractivity (Wildman–Crippen MR) is 80.5 cm³/mol. The molecule has 8 heteroatoms. The summed E-state index contributed by atoms with van der Waals surface area (Å²) < 4.78 is 40.1. The van der Waals surface area contributed by atoms with Crippen molar-refractivity contribution in [2.75, 3.05) is 6.54 Å². The van der Waals surface area contributed by atoms with Crippen LogP contribution in [0, 0.1) is 0 Å². The van der Waals surface area contributed by atoms with Crippen molar-refractivity contribution >= 4 is 17.2 Å². The number of hydrogen-bond acceptors (Lipinski definition) is 4. The Labute approximate surface area is 134 Å². The summed E-state index contributed by atoms with van der Waals surface area (Å²) in [4.78, 5) is 12.3. The maximum absolute atomic E-state index is 12.1. The van der Waals surface area contributed by atoms with E-state index in [0.717, 1.165) is 5.56 Å². The van der Waals surface area contributed by atoms with E-state index in [-0.39, 0.29) is 18.2 Å². The summed E-state index contributed by atoms with van der Waals surface area (Å²) >= 11 is 1.21. The molecule has 4 nitrogen and oxygen atoms in total. The van der Waals surface area contributed by atoms with Gasteiger partial charge in [-0.05, 0) is 41.6 Å². The largest absolute Gasteiger partial charge is 0.573 e. The first-order valence-corrected chi connectivity index (χ1v) is 7.53. The van der Waals surface area contributed by atoms with Crippen LogP contribution >= 0.6 is 11.3 Å². The lowest BCUT2D eigenvalue weighted by Gasteiger charge is -2.08. The number of ether oxygens (including phenoxy) is 1. The standard InChI is InChI=1S/C15H14F3NO3S/c1-9(20)7-19-14(21)13-6-11(8-23-13)10-2-4-12(5-3-10)22-15(16,17)18/h2-6,8-9,20H,7H2,1H3,(H,19,21). The Morgan fingerprint density at radius 2 is 1.96 bits per heavy atom. The highest BCUT2D eigenvalue weighted by Gasteiger charge is 2.30. The highest BCUT2D eigenvalue weighted by atomic mass is 32.1. The van der Waals surface area contributed by atoms with E-state index in [9.17, 15) is 18.0 Å². The molecule has 1 aromatic heterocycles. The molecule has 0 radical (unpaired) electrons. The van der Waals surface area contributed by atoms with Crippen LogP contribution in [-0.4, -0.2) is 30.0 Å². The minimum atomic E-state index is -4.72. The van der Waals surface area contributed by atoms with Crippen molar-refractivity contribution < 1.29 is 27.8 Å². The number of hydrogen-bond donors (Lipinski definition) is 2. The fourth-order valence-electron chi connectivity index (χ4n) is 1.78. The van der Waals surface area contributed by atoms with Gasteiger partial charge in [-0.1, -0.05) is 12.1 Å². The summed E-state index contributed by atoms with van der Waals surface area (Å²) in [6, 6.07) is 7.05. The molecule has 1 heterocycles. The molecule has 2 aromatic rings. The molecule has 23 heavy (non-hydrogen) atoms. The molecule has 2 rings (SSSR count). The average molecular weight is 345 g/mol. The molecule has 124 valence electrons. The molecule has 0 fully saturated rings. The number of alkyl halides is 3. The highest BCUT2D eigenvalue weighted by molar-refractivity contribution is 7.12. The summed E-state index contributed by atoms with van der Waals surface area (Å²) in [6.45, 7) is 1.71. The van der Waals surface area contributed by atoms with Crippen LogP contribution < -0.4 is 10.1 Å². The molecule has 0 spiro atoms.